The lowest BCUT2D eigenvalue weighted by atomic mass is 9.48. The van der Waals surface area contributed by atoms with Gasteiger partial charge < -0.3 is 29.1 Å². The maximum Gasteiger partial charge on any atom is 0.163 e. The number of hydrogen-bond donors (Lipinski definition) is 1. The fourth-order valence-corrected chi connectivity index (χ4v) is 7.70. The lowest BCUT2D eigenvalue weighted by Crippen LogP contribution is -2.54. The molecule has 0 bridgehead atoms. The van der Waals surface area contributed by atoms with E-state index in [-0.39, 0.29) is 17.1 Å². The lowest BCUT2D eigenvalue weighted by Gasteiger charge is -2.56. The van der Waals surface area contributed by atoms with Gasteiger partial charge in [0.15, 0.2) is 6.29 Å². The highest BCUT2D eigenvalue weighted by Gasteiger charge is 2.63. The van der Waals surface area contributed by atoms with Gasteiger partial charge in [0.2, 0.25) is 0 Å². The third kappa shape index (κ3) is 6.04. The number of rotatable bonds is 12. The molecule has 1 aromatic rings. The van der Waals surface area contributed by atoms with Crippen LogP contribution in [-0.4, -0.2) is 79.9 Å². The summed E-state index contributed by atoms with van der Waals surface area (Å²) in [5.74, 6) is 0.932. The molecule has 0 spiro atoms. The fourth-order valence-electron chi connectivity index (χ4n) is 7.42. The van der Waals surface area contributed by atoms with Gasteiger partial charge in [0.1, 0.15) is 6.10 Å². The van der Waals surface area contributed by atoms with Gasteiger partial charge in [-0.3, -0.25) is 0 Å². The van der Waals surface area contributed by atoms with Crippen molar-refractivity contribution in [2.75, 3.05) is 40.0 Å². The topological polar surface area (TPSA) is 72.8 Å². The van der Waals surface area contributed by atoms with Crippen molar-refractivity contribution in [3.05, 3.63) is 47.0 Å². The molecule has 1 saturated carbocycles. The predicted molar refractivity (Wildman–Crippen MR) is 162 cm³/mol. The highest BCUT2D eigenvalue weighted by atomic mass is 32.2. The minimum absolute atomic E-state index is 0.109. The van der Waals surface area contributed by atoms with Crippen molar-refractivity contribution in [3.63, 3.8) is 0 Å². The molecule has 6 atom stereocenters. The van der Waals surface area contributed by atoms with E-state index in [2.05, 4.69) is 26.0 Å². The van der Waals surface area contributed by atoms with Gasteiger partial charge in [-0.1, -0.05) is 49.8 Å². The number of ether oxygens (including phenoxy) is 4. The molecule has 7 nitrogen and oxygen atoms in total. The lowest BCUT2D eigenvalue weighted by molar-refractivity contribution is -0.175. The monoisotopic (exact) mass is 574 g/mol. The average molecular weight is 575 g/mol. The Labute approximate surface area is 245 Å². The molecule has 1 saturated heterocycles. The minimum atomic E-state index is -0.765. The van der Waals surface area contributed by atoms with Crippen LogP contribution < -0.4 is 0 Å². The van der Waals surface area contributed by atoms with Crippen molar-refractivity contribution in [3.8, 4) is 0 Å². The molecular formula is C32H50N2O5S. The molecule has 40 heavy (non-hydrogen) atoms. The molecule has 1 N–H and O–H groups in total. The Bertz CT molecular complexity index is 1050. The Morgan fingerprint density at radius 1 is 1.20 bits per heavy atom. The number of thioether (sulfide) groups is 1. The average Bonchev–Trinajstić information content (AvgIpc) is 3.26. The van der Waals surface area contributed by atoms with Crippen molar-refractivity contribution in [2.24, 2.45) is 21.8 Å². The van der Waals surface area contributed by atoms with Gasteiger partial charge in [0, 0.05) is 33.0 Å². The summed E-state index contributed by atoms with van der Waals surface area (Å²) >= 11 is 1.60. The Morgan fingerprint density at radius 2 is 1.93 bits per heavy atom. The largest absolute Gasteiger partial charge is 0.390 e. The van der Waals surface area contributed by atoms with Gasteiger partial charge in [0.25, 0.3) is 0 Å². The van der Waals surface area contributed by atoms with Crippen molar-refractivity contribution in [1.29, 1.82) is 0 Å². The summed E-state index contributed by atoms with van der Waals surface area (Å²) in [5.41, 5.74) is 3.78. The van der Waals surface area contributed by atoms with Crippen molar-refractivity contribution in [1.82, 2.24) is 5.01 Å². The Balaban J connectivity index is 1.68. The molecule has 2 aliphatic carbocycles. The second kappa shape index (κ2) is 12.8. The van der Waals surface area contributed by atoms with E-state index in [0.717, 1.165) is 43.6 Å². The summed E-state index contributed by atoms with van der Waals surface area (Å²) in [6, 6.07) is 10.1. The molecule has 0 unspecified atom stereocenters. The maximum atomic E-state index is 11.9. The van der Waals surface area contributed by atoms with E-state index in [1.54, 1.807) is 18.9 Å². The third-order valence-electron chi connectivity index (χ3n) is 9.76. The van der Waals surface area contributed by atoms with Crippen molar-refractivity contribution in [2.45, 2.75) is 90.5 Å². The second-order valence-corrected chi connectivity index (χ2v) is 13.6. The number of nitrogens with zero attached hydrogens (tertiary/aromatic N) is 2. The highest BCUT2D eigenvalue weighted by Crippen LogP contribution is 2.65. The second-order valence-electron chi connectivity index (χ2n) is 12.7. The minimum Gasteiger partial charge on any atom is -0.390 e. The first-order valence-electron chi connectivity index (χ1n) is 14.6. The number of fused-ring (bicyclic) bond motifs is 3. The number of methoxy groups -OCH3 is 1. The van der Waals surface area contributed by atoms with E-state index in [1.807, 2.05) is 57.4 Å². The van der Waals surface area contributed by atoms with Crippen LogP contribution in [0.1, 0.15) is 65.4 Å². The molecule has 0 amide bonds. The quantitative estimate of drug-likeness (QED) is 0.247. The first-order valence-corrected chi connectivity index (χ1v) is 16.0. The van der Waals surface area contributed by atoms with E-state index in [0.29, 0.717) is 24.9 Å². The SMILES string of the molecule is CO[C@H]1OC[C@@H]2CCC3=C(C[C@@H](O)[C@H](OCSC)C(C)(C)OCc4ccccc4)/C(=N/N(C)C)CC[C@]3(C)[C@]21C. The van der Waals surface area contributed by atoms with Gasteiger partial charge in [-0.05, 0) is 68.3 Å². The number of aliphatic hydroxyl groups excluding tert-OH is 1. The van der Waals surface area contributed by atoms with Crippen molar-refractivity contribution < 1.29 is 24.1 Å². The molecule has 1 heterocycles. The van der Waals surface area contributed by atoms with Gasteiger partial charge >= 0.3 is 0 Å². The van der Waals surface area contributed by atoms with Gasteiger partial charge in [-0.15, -0.1) is 11.8 Å². The third-order valence-corrected chi connectivity index (χ3v) is 10.1. The van der Waals surface area contributed by atoms with Gasteiger partial charge in [-0.2, -0.15) is 5.10 Å². The summed E-state index contributed by atoms with van der Waals surface area (Å²) in [6.07, 6.45) is 4.83. The predicted octanol–water partition coefficient (Wildman–Crippen LogP) is 5.87. The van der Waals surface area contributed by atoms with Crippen molar-refractivity contribution >= 4 is 17.5 Å². The number of hydrogen-bond acceptors (Lipinski definition) is 8. The van der Waals surface area contributed by atoms with Crippen LogP contribution in [0.25, 0.3) is 0 Å². The van der Waals surface area contributed by atoms with E-state index in [4.69, 9.17) is 24.0 Å². The first kappa shape index (κ1) is 31.5. The molecule has 4 rings (SSSR count). The number of aliphatic hydroxyl groups is 1. The molecule has 8 heteroatoms. The zero-order valence-electron chi connectivity index (χ0n) is 25.7. The van der Waals surface area contributed by atoms with E-state index in [9.17, 15) is 5.11 Å². The summed E-state index contributed by atoms with van der Waals surface area (Å²) in [4.78, 5) is 0. The molecule has 1 aromatic carbocycles. The molecule has 1 aliphatic heterocycles. The van der Waals surface area contributed by atoms with Crippen LogP contribution >= 0.6 is 11.8 Å². The molecule has 0 radical (unpaired) electrons. The molecule has 0 aromatic heterocycles. The summed E-state index contributed by atoms with van der Waals surface area (Å²) in [5, 5.41) is 18.8. The number of hydrazone groups is 1. The van der Waals surface area contributed by atoms with Gasteiger partial charge in [0.05, 0.1) is 36.6 Å². The zero-order chi connectivity index (χ0) is 29.1. The van der Waals surface area contributed by atoms with E-state index < -0.39 is 17.8 Å². The van der Waals surface area contributed by atoms with Crippen LogP contribution in [0, 0.1) is 16.7 Å². The molecule has 3 aliphatic rings. The van der Waals surface area contributed by atoms with Crippen LogP contribution in [-0.2, 0) is 25.6 Å². The molecular weight excluding hydrogens is 524 g/mol. The van der Waals surface area contributed by atoms with Crippen LogP contribution in [0.2, 0.25) is 0 Å². The standard InChI is InChI=1S/C32H50N2O5S/c1-30(2,39-19-22-12-10-9-11-13-22)28(38-21-40-8)27(35)18-24-25-15-14-23-20-37-29(36-7)32(23,4)31(25,3)17-16-26(24)33-34(5)6/h9-13,23,27-29,35H,14-21H2,1-8H3/b33-26+/t23-,27+,28-,29-,31-,32+/m0/s1. The van der Waals surface area contributed by atoms with Crippen LogP contribution in [0.15, 0.2) is 46.6 Å². The van der Waals surface area contributed by atoms with Crippen LogP contribution in [0.5, 0.6) is 0 Å². The normalized spacial score (nSPS) is 31.2. The maximum absolute atomic E-state index is 11.9. The smallest absolute Gasteiger partial charge is 0.163 e. The summed E-state index contributed by atoms with van der Waals surface area (Å²) in [6.45, 7) is 9.98. The molecule has 224 valence electrons. The number of allylic oxidation sites excluding steroid dienone is 1. The van der Waals surface area contributed by atoms with Crippen LogP contribution in [0.4, 0.5) is 0 Å². The Morgan fingerprint density at radius 3 is 2.58 bits per heavy atom. The highest BCUT2D eigenvalue weighted by molar-refractivity contribution is 7.98. The van der Waals surface area contributed by atoms with E-state index in [1.165, 1.54) is 11.1 Å². The first-order chi connectivity index (χ1) is 19.0. The Hall–Kier alpha value is -1.42. The van der Waals surface area contributed by atoms with E-state index >= 15 is 0 Å². The molecule has 2 fully saturated rings. The zero-order valence-corrected chi connectivity index (χ0v) is 26.6. The summed E-state index contributed by atoms with van der Waals surface area (Å²) < 4.78 is 24.9. The Kier molecular flexibility index (Phi) is 10.1. The fraction of sp³-hybridized carbons (Fsp3) is 0.719. The summed E-state index contributed by atoms with van der Waals surface area (Å²) in [7, 11) is 5.69. The van der Waals surface area contributed by atoms with Gasteiger partial charge in [-0.25, -0.2) is 0 Å². The number of benzene rings is 1. The van der Waals surface area contributed by atoms with Crippen LogP contribution in [0.3, 0.4) is 0 Å².